The van der Waals surface area contributed by atoms with Crippen LogP contribution in [0.15, 0.2) is 54.3 Å². The number of carbonyl (C=O) groups is 1. The summed E-state index contributed by atoms with van der Waals surface area (Å²) in [5.74, 6) is 2.98. The van der Waals surface area contributed by atoms with Gasteiger partial charge in [-0.15, -0.1) is 0 Å². The van der Waals surface area contributed by atoms with Gasteiger partial charge in [-0.05, 0) is 48.6 Å². The van der Waals surface area contributed by atoms with Crippen LogP contribution in [0, 0.1) is 5.92 Å². The van der Waals surface area contributed by atoms with Crippen LogP contribution in [0.3, 0.4) is 0 Å². The number of benzene rings is 2. The van der Waals surface area contributed by atoms with Crippen molar-refractivity contribution < 1.29 is 24.1 Å². The predicted molar refractivity (Wildman–Crippen MR) is 144 cm³/mol. The molecule has 4 rings (SSSR count). The molecule has 1 saturated carbocycles. The summed E-state index contributed by atoms with van der Waals surface area (Å²) in [6.45, 7) is 1.29. The van der Waals surface area contributed by atoms with Crippen LogP contribution in [0.4, 0.5) is 0 Å². The van der Waals surface area contributed by atoms with Gasteiger partial charge in [-0.25, -0.2) is 0 Å². The Morgan fingerprint density at radius 3 is 2.63 bits per heavy atom. The molecule has 1 heterocycles. The molecule has 0 radical (unpaired) electrons. The summed E-state index contributed by atoms with van der Waals surface area (Å²) in [7, 11) is 1.62. The van der Waals surface area contributed by atoms with Gasteiger partial charge in [0.05, 0.1) is 42.5 Å². The first-order valence-corrected chi connectivity index (χ1v) is 13.6. The zero-order chi connectivity index (χ0) is 24.6. The lowest BCUT2D eigenvalue weighted by atomic mass is 9.90. The zero-order valence-corrected chi connectivity index (χ0v) is 22.4. The Morgan fingerprint density at radius 2 is 1.91 bits per heavy atom. The van der Waals surface area contributed by atoms with Crippen LogP contribution in [0.1, 0.15) is 47.2 Å². The topological polar surface area (TPSA) is 68.2 Å². The molecular formula is C28H34INO5. The van der Waals surface area contributed by atoms with Gasteiger partial charge in [-0.3, -0.25) is 4.79 Å². The molecule has 1 fully saturated rings. The maximum absolute atomic E-state index is 13.1. The smallest absolute Gasteiger partial charge is 0.227 e. The Labute approximate surface area is 221 Å². The summed E-state index contributed by atoms with van der Waals surface area (Å²) in [5, 5.41) is 9.63. The van der Waals surface area contributed by atoms with Crippen LogP contribution in [-0.2, 0) is 11.2 Å². The molecule has 2 aromatic carbocycles. The van der Waals surface area contributed by atoms with E-state index in [0.717, 1.165) is 40.6 Å². The summed E-state index contributed by atoms with van der Waals surface area (Å²) >= 11 is 2.40. The fourth-order valence-electron chi connectivity index (χ4n) is 4.73. The third-order valence-corrected chi connectivity index (χ3v) is 8.17. The van der Waals surface area contributed by atoms with Crippen molar-refractivity contribution in [3.8, 4) is 17.2 Å². The molecule has 1 amide bonds. The molecule has 7 heteroatoms. The number of aliphatic hydroxyl groups excluding tert-OH is 1. The Kier molecular flexibility index (Phi) is 9.31. The van der Waals surface area contributed by atoms with E-state index in [4.69, 9.17) is 14.2 Å². The van der Waals surface area contributed by atoms with Crippen LogP contribution < -0.4 is 14.2 Å². The Bertz CT molecular complexity index is 1020. The lowest BCUT2D eigenvalue weighted by Gasteiger charge is -2.30. The first kappa shape index (κ1) is 25.8. The molecule has 2 aromatic rings. The van der Waals surface area contributed by atoms with Crippen LogP contribution >= 0.6 is 22.6 Å². The number of alkyl halides is 1. The second kappa shape index (κ2) is 12.6. The molecule has 1 aliphatic heterocycles. The minimum Gasteiger partial charge on any atom is -0.497 e. The molecule has 35 heavy (non-hydrogen) atoms. The monoisotopic (exact) mass is 591 g/mol. The van der Waals surface area contributed by atoms with Crippen molar-refractivity contribution in [1.29, 1.82) is 0 Å². The second-order valence-electron chi connectivity index (χ2n) is 9.22. The molecule has 188 valence electrons. The Hall–Kier alpha value is -2.26. The van der Waals surface area contributed by atoms with Gasteiger partial charge in [0.25, 0.3) is 0 Å². The van der Waals surface area contributed by atoms with E-state index in [1.165, 1.54) is 32.1 Å². The summed E-state index contributed by atoms with van der Waals surface area (Å²) in [6.07, 6.45) is 8.38. The van der Waals surface area contributed by atoms with Crippen LogP contribution in [0.2, 0.25) is 0 Å². The molecule has 2 aliphatic rings. The minimum atomic E-state index is -0.0965. The maximum Gasteiger partial charge on any atom is 0.227 e. The van der Waals surface area contributed by atoms with E-state index >= 15 is 0 Å². The van der Waals surface area contributed by atoms with Crippen molar-refractivity contribution in [2.45, 2.75) is 42.4 Å². The molecule has 0 saturated heterocycles. The largest absolute Gasteiger partial charge is 0.497 e. The fraction of sp³-hybridized carbons (Fsp3) is 0.464. The van der Waals surface area contributed by atoms with Gasteiger partial charge >= 0.3 is 0 Å². The zero-order valence-electron chi connectivity index (χ0n) is 20.2. The normalized spacial score (nSPS) is 17.7. The van der Waals surface area contributed by atoms with Gasteiger partial charge in [0.15, 0.2) is 0 Å². The molecule has 1 N–H and O–H groups in total. The number of halogens is 1. The molecule has 1 atom stereocenters. The number of rotatable bonds is 10. The highest BCUT2D eigenvalue weighted by molar-refractivity contribution is 14.1. The minimum absolute atomic E-state index is 0.00823. The van der Waals surface area contributed by atoms with Crippen molar-refractivity contribution in [2.75, 3.05) is 33.4 Å². The van der Waals surface area contributed by atoms with Crippen molar-refractivity contribution in [1.82, 2.24) is 4.90 Å². The number of amides is 1. The summed E-state index contributed by atoms with van der Waals surface area (Å²) in [4.78, 5) is 14.8. The van der Waals surface area contributed by atoms with E-state index in [2.05, 4.69) is 22.6 Å². The van der Waals surface area contributed by atoms with E-state index in [0.29, 0.717) is 12.5 Å². The third-order valence-electron chi connectivity index (χ3n) is 6.75. The van der Waals surface area contributed by atoms with Crippen LogP contribution in [0.5, 0.6) is 17.2 Å². The average Bonchev–Trinajstić information content (AvgIpc) is 2.89. The van der Waals surface area contributed by atoms with E-state index < -0.39 is 0 Å². The molecule has 1 unspecified atom stereocenters. The second-order valence-corrected chi connectivity index (χ2v) is 10.5. The lowest BCUT2D eigenvalue weighted by Crippen LogP contribution is -2.37. The molecule has 6 nitrogen and oxygen atoms in total. The third kappa shape index (κ3) is 6.70. The SMILES string of the molecule is COc1ccc(CC(=O)N(CCO)CC2=COc3cccc(OCC4CCCCC4)c3C2I)cc1. The molecular weight excluding hydrogens is 557 g/mol. The van der Waals surface area contributed by atoms with Crippen molar-refractivity contribution in [3.63, 3.8) is 0 Å². The van der Waals surface area contributed by atoms with Crippen molar-refractivity contribution in [3.05, 3.63) is 65.4 Å². The summed E-state index contributed by atoms with van der Waals surface area (Å²) in [5.41, 5.74) is 2.90. The highest BCUT2D eigenvalue weighted by atomic mass is 127. The molecule has 0 bridgehead atoms. The number of aliphatic hydroxyl groups is 1. The standard InChI is InChI=1S/C28H34INO5/c1-33-23-12-10-20(11-13-23)16-26(32)30(14-15-31)17-22-19-35-25-9-5-8-24(27(25)28(22)29)34-18-21-6-3-2-4-7-21/h5,8-13,19,21,28,31H,2-4,6-7,14-18H2,1H3. The highest BCUT2D eigenvalue weighted by Crippen LogP contribution is 2.46. The van der Waals surface area contributed by atoms with E-state index in [1.54, 1.807) is 18.3 Å². The van der Waals surface area contributed by atoms with E-state index in [-0.39, 0.29) is 29.4 Å². The summed E-state index contributed by atoms with van der Waals surface area (Å²) in [6, 6.07) is 13.4. The molecule has 1 aliphatic carbocycles. The summed E-state index contributed by atoms with van der Waals surface area (Å²) < 4.78 is 17.5. The number of hydrogen-bond donors (Lipinski definition) is 1. The number of hydrogen-bond acceptors (Lipinski definition) is 5. The number of fused-ring (bicyclic) bond motifs is 1. The van der Waals surface area contributed by atoms with Crippen LogP contribution in [-0.4, -0.2) is 49.3 Å². The van der Waals surface area contributed by atoms with Gasteiger partial charge in [-0.2, -0.15) is 0 Å². The first-order valence-electron chi connectivity index (χ1n) is 12.4. The number of methoxy groups -OCH3 is 1. The first-order chi connectivity index (χ1) is 17.1. The highest BCUT2D eigenvalue weighted by Gasteiger charge is 2.29. The average molecular weight is 591 g/mol. The quantitative estimate of drug-likeness (QED) is 0.293. The van der Waals surface area contributed by atoms with E-state index in [1.807, 2.05) is 42.5 Å². The number of ether oxygens (including phenoxy) is 3. The van der Waals surface area contributed by atoms with Gasteiger partial charge in [0.2, 0.25) is 5.91 Å². The lowest BCUT2D eigenvalue weighted by molar-refractivity contribution is -0.130. The number of carbonyl (C=O) groups excluding carboxylic acids is 1. The van der Waals surface area contributed by atoms with Crippen molar-refractivity contribution in [2.24, 2.45) is 5.92 Å². The predicted octanol–water partition coefficient (Wildman–Crippen LogP) is 5.47. The molecule has 0 aromatic heterocycles. The van der Waals surface area contributed by atoms with Gasteiger partial charge in [0, 0.05) is 18.7 Å². The van der Waals surface area contributed by atoms with Crippen LogP contribution in [0.25, 0.3) is 0 Å². The Balaban J connectivity index is 1.44. The van der Waals surface area contributed by atoms with Crippen molar-refractivity contribution >= 4 is 28.5 Å². The Morgan fingerprint density at radius 1 is 1.14 bits per heavy atom. The van der Waals surface area contributed by atoms with Gasteiger partial charge in [0.1, 0.15) is 17.2 Å². The maximum atomic E-state index is 13.1. The fourth-order valence-corrected chi connectivity index (χ4v) is 5.69. The van der Waals surface area contributed by atoms with Gasteiger partial charge < -0.3 is 24.2 Å². The van der Waals surface area contributed by atoms with E-state index in [9.17, 15) is 9.90 Å². The molecule has 0 spiro atoms. The van der Waals surface area contributed by atoms with Gasteiger partial charge in [-0.1, -0.05) is 60.1 Å². The number of nitrogens with zero attached hydrogens (tertiary/aromatic N) is 1.